The van der Waals surface area contributed by atoms with Crippen molar-refractivity contribution in [3.63, 3.8) is 0 Å². The van der Waals surface area contributed by atoms with Gasteiger partial charge in [0.1, 0.15) is 0 Å². The summed E-state index contributed by atoms with van der Waals surface area (Å²) in [5.41, 5.74) is 12.0. The van der Waals surface area contributed by atoms with Crippen LogP contribution < -0.4 is 10.4 Å². The molecule has 23 heavy (non-hydrogen) atoms. The van der Waals surface area contributed by atoms with Crippen molar-refractivity contribution >= 4 is 11.8 Å². The van der Waals surface area contributed by atoms with Crippen molar-refractivity contribution in [3.8, 4) is 0 Å². The number of rotatable bonds is 1. The van der Waals surface area contributed by atoms with Gasteiger partial charge in [0.2, 0.25) is 0 Å². The van der Waals surface area contributed by atoms with Gasteiger partial charge in [-0.1, -0.05) is 45.1 Å². The van der Waals surface area contributed by atoms with E-state index in [0.717, 1.165) is 18.9 Å². The van der Waals surface area contributed by atoms with Crippen LogP contribution in [0.3, 0.4) is 0 Å². The van der Waals surface area contributed by atoms with E-state index in [-0.39, 0.29) is 5.41 Å². The number of benzene rings is 1. The van der Waals surface area contributed by atoms with Crippen molar-refractivity contribution in [2.24, 2.45) is 11.3 Å². The summed E-state index contributed by atoms with van der Waals surface area (Å²) in [4.78, 5) is 0. The molecule has 1 aromatic rings. The first-order chi connectivity index (χ1) is 11.0. The molecule has 0 saturated heterocycles. The van der Waals surface area contributed by atoms with E-state index in [1.54, 1.807) is 11.3 Å². The monoisotopic (exact) mass is 306 g/mol. The highest BCUT2D eigenvalue weighted by Crippen LogP contribution is 2.58. The molecular weight excluding hydrogens is 280 g/mol. The number of hydrogen-bond acceptors (Lipinski definition) is 2. The number of nitrogens with zero attached hydrogens (tertiary/aromatic N) is 1. The summed E-state index contributed by atoms with van der Waals surface area (Å²) >= 11 is 0. The summed E-state index contributed by atoms with van der Waals surface area (Å²) in [6, 6.07) is 6.78. The smallest absolute Gasteiger partial charge is 0.0627 e. The summed E-state index contributed by atoms with van der Waals surface area (Å²) in [6.45, 7) is 8.28. The number of nitrogens with one attached hydrogen (secondary N) is 1. The van der Waals surface area contributed by atoms with Crippen LogP contribution in [0.2, 0.25) is 0 Å². The molecule has 1 heterocycles. The lowest BCUT2D eigenvalue weighted by molar-refractivity contribution is 0.396. The van der Waals surface area contributed by atoms with Crippen LogP contribution >= 0.6 is 0 Å². The molecule has 2 atom stereocenters. The molecule has 0 radical (unpaired) electrons. The van der Waals surface area contributed by atoms with Crippen molar-refractivity contribution in [2.45, 2.75) is 51.9 Å². The van der Waals surface area contributed by atoms with Gasteiger partial charge in [0, 0.05) is 11.1 Å². The minimum Gasteiger partial charge on any atom is -0.302 e. The molecule has 120 valence electrons. The molecule has 1 aliphatic heterocycles. The predicted octanol–water partition coefficient (Wildman–Crippen LogP) is 4.78. The Kier molecular flexibility index (Phi) is 2.52. The average Bonchev–Trinajstić information content (AvgIpc) is 3.16. The molecule has 1 N–H and O–H groups in total. The number of allylic oxidation sites excluding steroid dienone is 2. The van der Waals surface area contributed by atoms with E-state index in [4.69, 9.17) is 0 Å². The van der Waals surface area contributed by atoms with Gasteiger partial charge in [0.15, 0.2) is 0 Å². The Labute approximate surface area is 139 Å². The zero-order valence-corrected chi connectivity index (χ0v) is 14.4. The largest absolute Gasteiger partial charge is 0.302 e. The molecule has 0 spiro atoms. The first-order valence-corrected chi connectivity index (χ1v) is 9.06. The Morgan fingerprint density at radius 3 is 2.91 bits per heavy atom. The molecule has 0 aromatic heterocycles. The predicted molar refractivity (Wildman–Crippen MR) is 96.1 cm³/mol. The number of hydrazine groups is 1. The fourth-order valence-electron chi connectivity index (χ4n) is 5.50. The van der Waals surface area contributed by atoms with Gasteiger partial charge in [-0.3, -0.25) is 5.01 Å². The summed E-state index contributed by atoms with van der Waals surface area (Å²) in [5.74, 6) is 0.833. The molecule has 1 aromatic carbocycles. The van der Waals surface area contributed by atoms with E-state index in [1.165, 1.54) is 36.1 Å². The van der Waals surface area contributed by atoms with Crippen molar-refractivity contribution in [2.75, 3.05) is 11.6 Å². The zero-order valence-electron chi connectivity index (χ0n) is 14.4. The Morgan fingerprint density at radius 1 is 1.22 bits per heavy atom. The van der Waals surface area contributed by atoms with Crippen LogP contribution in [-0.4, -0.2) is 6.54 Å². The standard InChI is InChI=1S/C21H26N2/c1-20(2)10-5-7-14-6-4-8-17(18(14)20)23-13-16-15-9-11-21(3,12-15)19(16)22-23/h4-8,15,22H,9-13H2,1-3H3/t15-,21+/m0/s1. The first kappa shape index (κ1) is 13.7. The molecule has 0 amide bonds. The van der Waals surface area contributed by atoms with E-state index in [9.17, 15) is 0 Å². The van der Waals surface area contributed by atoms with Crippen LogP contribution in [0.25, 0.3) is 6.08 Å². The van der Waals surface area contributed by atoms with Crippen LogP contribution in [0.1, 0.15) is 57.6 Å². The fraction of sp³-hybridized carbons (Fsp3) is 0.524. The molecule has 1 saturated carbocycles. The lowest BCUT2D eigenvalue weighted by Crippen LogP contribution is -2.38. The minimum atomic E-state index is 0.207. The minimum absolute atomic E-state index is 0.207. The molecule has 5 rings (SSSR count). The number of hydrogen-bond donors (Lipinski definition) is 1. The van der Waals surface area contributed by atoms with Gasteiger partial charge in [0.25, 0.3) is 0 Å². The van der Waals surface area contributed by atoms with Crippen LogP contribution in [0, 0.1) is 11.3 Å². The Balaban J connectivity index is 1.56. The molecule has 2 nitrogen and oxygen atoms in total. The zero-order chi connectivity index (χ0) is 15.8. The second-order valence-corrected chi connectivity index (χ2v) is 8.83. The highest BCUT2D eigenvalue weighted by Gasteiger charge is 2.51. The highest BCUT2D eigenvalue weighted by molar-refractivity contribution is 5.71. The topological polar surface area (TPSA) is 15.3 Å². The third kappa shape index (κ3) is 1.75. The molecule has 1 fully saturated rings. The van der Waals surface area contributed by atoms with E-state index < -0.39 is 0 Å². The molecule has 2 bridgehead atoms. The number of fused-ring (bicyclic) bond motifs is 5. The van der Waals surface area contributed by atoms with Gasteiger partial charge < -0.3 is 5.43 Å². The molecule has 4 aliphatic rings. The lowest BCUT2D eigenvalue weighted by atomic mass is 9.75. The van der Waals surface area contributed by atoms with Crippen LogP contribution in [0.5, 0.6) is 0 Å². The second kappa shape index (κ2) is 4.23. The van der Waals surface area contributed by atoms with Crippen LogP contribution in [-0.2, 0) is 5.41 Å². The second-order valence-electron chi connectivity index (χ2n) is 8.83. The van der Waals surface area contributed by atoms with Crippen molar-refractivity contribution in [1.29, 1.82) is 0 Å². The van der Waals surface area contributed by atoms with E-state index in [1.807, 2.05) is 0 Å². The van der Waals surface area contributed by atoms with Gasteiger partial charge in [-0.2, -0.15) is 0 Å². The summed E-state index contributed by atoms with van der Waals surface area (Å²) < 4.78 is 0. The summed E-state index contributed by atoms with van der Waals surface area (Å²) in [6.07, 6.45) is 9.87. The summed E-state index contributed by atoms with van der Waals surface area (Å²) in [7, 11) is 0. The maximum Gasteiger partial charge on any atom is 0.0627 e. The number of anilines is 1. The molecule has 0 unspecified atom stereocenters. The third-order valence-electron chi connectivity index (χ3n) is 6.70. The molecular formula is C21H26N2. The van der Waals surface area contributed by atoms with Gasteiger partial charge in [-0.05, 0) is 59.8 Å². The van der Waals surface area contributed by atoms with Gasteiger partial charge in [0.05, 0.1) is 12.2 Å². The molecule has 2 heteroatoms. The van der Waals surface area contributed by atoms with Crippen LogP contribution in [0.15, 0.2) is 35.5 Å². The van der Waals surface area contributed by atoms with Crippen molar-refractivity contribution < 1.29 is 0 Å². The maximum atomic E-state index is 3.82. The fourth-order valence-corrected chi connectivity index (χ4v) is 5.50. The molecule has 3 aliphatic carbocycles. The van der Waals surface area contributed by atoms with Gasteiger partial charge in [-0.25, -0.2) is 0 Å². The quantitative estimate of drug-likeness (QED) is 0.803. The van der Waals surface area contributed by atoms with Crippen LogP contribution in [0.4, 0.5) is 5.69 Å². The normalized spacial score (nSPS) is 33.0. The highest BCUT2D eigenvalue weighted by atomic mass is 15.5. The van der Waals surface area contributed by atoms with E-state index in [0.29, 0.717) is 5.41 Å². The third-order valence-corrected chi connectivity index (χ3v) is 6.70. The Hall–Kier alpha value is -1.70. The Morgan fingerprint density at radius 2 is 2.09 bits per heavy atom. The van der Waals surface area contributed by atoms with Gasteiger partial charge >= 0.3 is 0 Å². The van der Waals surface area contributed by atoms with Gasteiger partial charge in [-0.15, -0.1) is 0 Å². The maximum absolute atomic E-state index is 3.82. The summed E-state index contributed by atoms with van der Waals surface area (Å²) in [5, 5.41) is 2.43. The Bertz CT molecular complexity index is 755. The lowest BCUT2D eigenvalue weighted by Gasteiger charge is -2.36. The van der Waals surface area contributed by atoms with E-state index in [2.05, 4.69) is 61.6 Å². The first-order valence-electron chi connectivity index (χ1n) is 9.06. The average molecular weight is 306 g/mol. The van der Waals surface area contributed by atoms with Crippen molar-refractivity contribution in [3.05, 3.63) is 46.7 Å². The van der Waals surface area contributed by atoms with Crippen molar-refractivity contribution in [1.82, 2.24) is 5.43 Å². The van der Waals surface area contributed by atoms with E-state index >= 15 is 0 Å². The SMILES string of the molecule is CC1(C)CC=Cc2cccc(N3CC4=C(N3)[C@]3(C)CC[C@H]4C3)c21.